The topological polar surface area (TPSA) is 88.8 Å². The van der Waals surface area contributed by atoms with Crippen LogP contribution in [0.3, 0.4) is 0 Å². The van der Waals surface area contributed by atoms with Crippen LogP contribution in [-0.4, -0.2) is 20.6 Å². The molecule has 2 N–H and O–H groups in total. The van der Waals surface area contributed by atoms with Crippen LogP contribution in [0.15, 0.2) is 44.3 Å². The van der Waals surface area contributed by atoms with Crippen molar-refractivity contribution in [3.63, 3.8) is 0 Å². The molecule has 0 aliphatic carbocycles. The molecule has 0 aliphatic heterocycles. The average Bonchev–Trinajstić information content (AvgIpc) is 2.87. The number of ether oxygens (including phenoxy) is 1. The lowest BCUT2D eigenvalue weighted by molar-refractivity contribution is 0.245. The Morgan fingerprint density at radius 1 is 1.38 bits per heavy atom. The first-order valence-corrected chi connectivity index (χ1v) is 8.26. The fraction of sp³-hybridized carbons (Fsp3) is 0.231. The Labute approximate surface area is 130 Å². The van der Waals surface area contributed by atoms with Crippen LogP contribution >= 0.6 is 15.9 Å². The molecule has 2 rings (SSSR count). The fourth-order valence-corrected chi connectivity index (χ4v) is 3.76. The molecule has 114 valence electrons. The molecule has 1 aromatic heterocycles. The monoisotopic (exact) mass is 375 g/mol. The number of aliphatic hydroxyl groups excluding tert-OH is 1. The van der Waals surface area contributed by atoms with Gasteiger partial charge in [0.25, 0.3) is 0 Å². The fourth-order valence-electron chi connectivity index (χ4n) is 1.76. The first-order valence-electron chi connectivity index (χ1n) is 5.98. The van der Waals surface area contributed by atoms with E-state index < -0.39 is 10.0 Å². The molecule has 0 bridgehead atoms. The molecule has 6 nitrogen and oxygen atoms in total. The summed E-state index contributed by atoms with van der Waals surface area (Å²) in [7, 11) is -2.24. The zero-order chi connectivity index (χ0) is 15.5. The van der Waals surface area contributed by atoms with Crippen molar-refractivity contribution in [1.29, 1.82) is 0 Å². The van der Waals surface area contributed by atoms with Crippen LogP contribution in [0.5, 0.6) is 5.75 Å². The molecule has 0 saturated heterocycles. The van der Waals surface area contributed by atoms with Gasteiger partial charge < -0.3 is 14.3 Å². The van der Waals surface area contributed by atoms with E-state index in [2.05, 4.69) is 20.7 Å². The van der Waals surface area contributed by atoms with Gasteiger partial charge in [-0.15, -0.1) is 0 Å². The summed E-state index contributed by atoms with van der Waals surface area (Å²) in [6, 6.07) is 8.39. The highest BCUT2D eigenvalue weighted by Gasteiger charge is 2.22. The van der Waals surface area contributed by atoms with Crippen molar-refractivity contribution in [2.45, 2.75) is 18.0 Å². The van der Waals surface area contributed by atoms with Gasteiger partial charge in [0.1, 0.15) is 23.0 Å². The summed E-state index contributed by atoms with van der Waals surface area (Å²) in [6.07, 6.45) is 0. The minimum absolute atomic E-state index is 0.0542. The molecule has 0 saturated carbocycles. The molecule has 0 amide bonds. The average molecular weight is 376 g/mol. The lowest BCUT2D eigenvalue weighted by Gasteiger charge is -2.09. The molecule has 1 heterocycles. The summed E-state index contributed by atoms with van der Waals surface area (Å²) in [4.78, 5) is -0.0542. The third-order valence-electron chi connectivity index (χ3n) is 2.80. The largest absolute Gasteiger partial charge is 0.496 e. The molecule has 0 fully saturated rings. The van der Waals surface area contributed by atoms with Crippen LogP contribution in [0, 0.1) is 0 Å². The Kier molecular flexibility index (Phi) is 5.04. The van der Waals surface area contributed by atoms with Crippen LogP contribution in [0.25, 0.3) is 0 Å². The molecule has 0 spiro atoms. The molecule has 0 atom stereocenters. The van der Waals surface area contributed by atoms with Gasteiger partial charge in [-0.3, -0.25) is 0 Å². The number of halogens is 1. The summed E-state index contributed by atoms with van der Waals surface area (Å²) in [6.45, 7) is -0.293. The van der Waals surface area contributed by atoms with Crippen molar-refractivity contribution in [1.82, 2.24) is 4.72 Å². The number of furan rings is 1. The molecule has 0 unspecified atom stereocenters. The highest BCUT2D eigenvalue weighted by Crippen LogP contribution is 2.26. The van der Waals surface area contributed by atoms with Crippen LogP contribution in [0.2, 0.25) is 0 Å². The van der Waals surface area contributed by atoms with Gasteiger partial charge in [-0.05, 0) is 22.0 Å². The Morgan fingerprint density at radius 3 is 2.71 bits per heavy atom. The number of para-hydroxylation sites is 1. The standard InChI is InChI=1S/C13H14BrNO5S/c1-19-11-5-3-2-4-9(11)7-15-21(17,18)12-6-10(8-16)20-13(12)14/h2-6,15-16H,7-8H2,1H3. The van der Waals surface area contributed by atoms with Crippen molar-refractivity contribution >= 4 is 26.0 Å². The van der Waals surface area contributed by atoms with Crippen LogP contribution in [0.4, 0.5) is 0 Å². The van der Waals surface area contributed by atoms with Crippen molar-refractivity contribution in [2.75, 3.05) is 7.11 Å². The Morgan fingerprint density at radius 2 is 2.10 bits per heavy atom. The van der Waals surface area contributed by atoms with Gasteiger partial charge >= 0.3 is 0 Å². The lowest BCUT2D eigenvalue weighted by atomic mass is 10.2. The third kappa shape index (κ3) is 3.65. The number of hydrogen-bond donors (Lipinski definition) is 2. The van der Waals surface area contributed by atoms with Crippen molar-refractivity contribution in [2.24, 2.45) is 0 Å². The number of rotatable bonds is 6. The van der Waals surface area contributed by atoms with Gasteiger partial charge in [-0.25, -0.2) is 13.1 Å². The second-order valence-electron chi connectivity index (χ2n) is 4.15. The van der Waals surface area contributed by atoms with Crippen LogP contribution in [0.1, 0.15) is 11.3 Å². The van der Waals surface area contributed by atoms with E-state index in [0.29, 0.717) is 11.3 Å². The van der Waals surface area contributed by atoms with Gasteiger partial charge in [0.15, 0.2) is 4.67 Å². The second kappa shape index (κ2) is 6.61. The van der Waals surface area contributed by atoms with E-state index >= 15 is 0 Å². The van der Waals surface area contributed by atoms with Crippen molar-refractivity contribution in [3.05, 3.63) is 46.3 Å². The van der Waals surface area contributed by atoms with Crippen LogP contribution < -0.4 is 9.46 Å². The van der Waals surface area contributed by atoms with E-state index in [1.54, 1.807) is 24.3 Å². The van der Waals surface area contributed by atoms with Gasteiger partial charge in [-0.2, -0.15) is 0 Å². The third-order valence-corrected chi connectivity index (χ3v) is 5.06. The SMILES string of the molecule is COc1ccccc1CNS(=O)(=O)c1cc(CO)oc1Br. The smallest absolute Gasteiger partial charge is 0.245 e. The van der Waals surface area contributed by atoms with Gasteiger partial charge in [0, 0.05) is 18.2 Å². The number of sulfonamides is 1. The number of aliphatic hydroxyl groups is 1. The first-order chi connectivity index (χ1) is 9.97. The zero-order valence-corrected chi connectivity index (χ0v) is 13.6. The summed E-state index contributed by atoms with van der Waals surface area (Å²) in [5.41, 5.74) is 0.713. The molecule has 0 aliphatic rings. The zero-order valence-electron chi connectivity index (χ0n) is 11.2. The van der Waals surface area contributed by atoms with E-state index in [1.807, 2.05) is 0 Å². The Bertz CT molecular complexity index is 726. The van der Waals surface area contributed by atoms with Crippen molar-refractivity contribution in [3.8, 4) is 5.75 Å². The normalized spacial score (nSPS) is 11.6. The Hall–Kier alpha value is -1.35. The highest BCUT2D eigenvalue weighted by atomic mass is 79.9. The lowest BCUT2D eigenvalue weighted by Crippen LogP contribution is -2.23. The summed E-state index contributed by atoms with van der Waals surface area (Å²) < 4.78 is 37.2. The molecule has 8 heteroatoms. The molecular weight excluding hydrogens is 362 g/mol. The maximum absolute atomic E-state index is 12.2. The quantitative estimate of drug-likeness (QED) is 0.805. The van der Waals surface area contributed by atoms with Gasteiger partial charge in [0.05, 0.1) is 7.11 Å². The van der Waals surface area contributed by atoms with Crippen LogP contribution in [-0.2, 0) is 23.2 Å². The van der Waals surface area contributed by atoms with Gasteiger partial charge in [0.2, 0.25) is 10.0 Å². The van der Waals surface area contributed by atoms with E-state index in [4.69, 9.17) is 14.3 Å². The first kappa shape index (κ1) is 16.0. The second-order valence-corrected chi connectivity index (χ2v) is 6.60. The maximum Gasteiger partial charge on any atom is 0.245 e. The Balaban J connectivity index is 2.20. The minimum Gasteiger partial charge on any atom is -0.496 e. The van der Waals surface area contributed by atoms with Crippen molar-refractivity contribution < 1.29 is 22.7 Å². The molecule has 0 radical (unpaired) electrons. The summed E-state index contributed by atoms with van der Waals surface area (Å²) in [5, 5.41) is 8.97. The number of methoxy groups -OCH3 is 1. The molecular formula is C13H14BrNO5S. The van der Waals surface area contributed by atoms with E-state index in [9.17, 15) is 8.42 Å². The summed E-state index contributed by atoms with van der Waals surface area (Å²) >= 11 is 3.03. The maximum atomic E-state index is 12.2. The molecule has 2 aromatic rings. The minimum atomic E-state index is -3.76. The predicted molar refractivity (Wildman–Crippen MR) is 79.4 cm³/mol. The number of benzene rings is 1. The number of hydrogen-bond acceptors (Lipinski definition) is 5. The van der Waals surface area contributed by atoms with E-state index in [0.717, 1.165) is 0 Å². The predicted octanol–water partition coefficient (Wildman–Crippen LogP) is 2.02. The molecule has 1 aromatic carbocycles. The highest BCUT2D eigenvalue weighted by molar-refractivity contribution is 9.10. The van der Waals surface area contributed by atoms with E-state index in [-0.39, 0.29) is 28.5 Å². The number of nitrogens with one attached hydrogen (secondary N) is 1. The summed E-state index contributed by atoms with van der Waals surface area (Å²) in [5.74, 6) is 0.766. The van der Waals surface area contributed by atoms with E-state index in [1.165, 1.54) is 13.2 Å². The molecule has 21 heavy (non-hydrogen) atoms. The van der Waals surface area contributed by atoms with Gasteiger partial charge in [-0.1, -0.05) is 18.2 Å².